The second-order valence-corrected chi connectivity index (χ2v) is 4.61. The molecule has 0 spiro atoms. The molecule has 0 aromatic rings. The van der Waals surface area contributed by atoms with Crippen molar-refractivity contribution in [1.29, 1.82) is 0 Å². The normalized spacial score (nSPS) is 13.3. The molecule has 0 radical (unpaired) electrons. The van der Waals surface area contributed by atoms with E-state index in [1.54, 1.807) is 0 Å². The van der Waals surface area contributed by atoms with Crippen LogP contribution in [0.25, 0.3) is 0 Å². The summed E-state index contributed by atoms with van der Waals surface area (Å²) >= 11 is 0. The fourth-order valence-corrected chi connectivity index (χ4v) is 2.04. The Kier molecular flexibility index (Phi) is 11.3. The van der Waals surface area contributed by atoms with E-state index in [2.05, 4.69) is 37.9 Å². The zero-order valence-electron chi connectivity index (χ0n) is 11.9. The van der Waals surface area contributed by atoms with Gasteiger partial charge >= 0.3 is 0 Å². The van der Waals surface area contributed by atoms with Gasteiger partial charge in [-0.1, -0.05) is 40.5 Å². The minimum atomic E-state index is 0.734. The van der Waals surface area contributed by atoms with Gasteiger partial charge in [-0.05, 0) is 38.9 Å². The van der Waals surface area contributed by atoms with Crippen molar-refractivity contribution in [3.05, 3.63) is 0 Å². The van der Waals surface area contributed by atoms with E-state index in [1.165, 1.54) is 45.2 Å². The summed E-state index contributed by atoms with van der Waals surface area (Å²) in [4.78, 5) is 2.69. The highest BCUT2D eigenvalue weighted by atomic mass is 15.2. The van der Waals surface area contributed by atoms with Crippen LogP contribution >= 0.6 is 0 Å². The first-order chi connectivity index (χ1) is 7.79. The second-order valence-electron chi connectivity index (χ2n) is 4.61. The standard InChI is InChI=1S/C14H32N2/c1-5-9-11-16(12-10-6-2)14(7-3)13-15-8-4/h14-15H,5-13H2,1-4H3. The highest BCUT2D eigenvalue weighted by Crippen LogP contribution is 2.07. The predicted molar refractivity (Wildman–Crippen MR) is 74.0 cm³/mol. The van der Waals surface area contributed by atoms with Gasteiger partial charge in [-0.15, -0.1) is 0 Å². The van der Waals surface area contributed by atoms with Gasteiger partial charge < -0.3 is 5.32 Å². The van der Waals surface area contributed by atoms with Crippen LogP contribution in [0.5, 0.6) is 0 Å². The molecule has 1 atom stereocenters. The molecular formula is C14H32N2. The molecule has 0 aliphatic heterocycles. The molecule has 2 heteroatoms. The van der Waals surface area contributed by atoms with Crippen LogP contribution in [0.2, 0.25) is 0 Å². The number of nitrogens with zero attached hydrogens (tertiary/aromatic N) is 1. The lowest BCUT2D eigenvalue weighted by Gasteiger charge is -2.31. The Balaban J connectivity index is 4.06. The molecule has 0 amide bonds. The Morgan fingerprint density at radius 3 is 1.88 bits per heavy atom. The van der Waals surface area contributed by atoms with Crippen LogP contribution in [0.1, 0.15) is 59.8 Å². The summed E-state index contributed by atoms with van der Waals surface area (Å²) in [6.07, 6.45) is 6.56. The third kappa shape index (κ3) is 7.24. The average Bonchev–Trinajstić information content (AvgIpc) is 2.32. The molecule has 0 aliphatic carbocycles. The van der Waals surface area contributed by atoms with Crippen LogP contribution in [-0.2, 0) is 0 Å². The van der Waals surface area contributed by atoms with Gasteiger partial charge in [-0.25, -0.2) is 0 Å². The number of likely N-dealkylation sites (N-methyl/N-ethyl adjacent to an activating group) is 1. The lowest BCUT2D eigenvalue weighted by molar-refractivity contribution is 0.181. The van der Waals surface area contributed by atoms with Crippen LogP contribution in [-0.4, -0.2) is 37.1 Å². The van der Waals surface area contributed by atoms with Gasteiger partial charge in [0.15, 0.2) is 0 Å². The Labute approximate surface area is 103 Å². The fourth-order valence-electron chi connectivity index (χ4n) is 2.04. The van der Waals surface area contributed by atoms with E-state index in [4.69, 9.17) is 0 Å². The maximum Gasteiger partial charge on any atom is 0.0218 e. The summed E-state index contributed by atoms with van der Waals surface area (Å²) in [5, 5.41) is 3.49. The average molecular weight is 228 g/mol. The lowest BCUT2D eigenvalue weighted by Crippen LogP contribution is -2.43. The summed E-state index contributed by atoms with van der Waals surface area (Å²) in [6.45, 7) is 13.9. The molecule has 0 aliphatic rings. The summed E-state index contributed by atoms with van der Waals surface area (Å²) in [5.41, 5.74) is 0. The SMILES string of the molecule is CCCCN(CCCC)C(CC)CNCC. The van der Waals surface area contributed by atoms with Crippen LogP contribution in [0, 0.1) is 0 Å². The van der Waals surface area contributed by atoms with Gasteiger partial charge in [0.1, 0.15) is 0 Å². The van der Waals surface area contributed by atoms with E-state index in [1.807, 2.05) is 0 Å². The topological polar surface area (TPSA) is 15.3 Å². The first-order valence-electron chi connectivity index (χ1n) is 7.24. The van der Waals surface area contributed by atoms with Gasteiger partial charge in [-0.2, -0.15) is 0 Å². The van der Waals surface area contributed by atoms with Crippen molar-refractivity contribution in [2.75, 3.05) is 26.2 Å². The molecule has 0 heterocycles. The van der Waals surface area contributed by atoms with Crippen molar-refractivity contribution >= 4 is 0 Å². The van der Waals surface area contributed by atoms with Crippen molar-refractivity contribution in [3.63, 3.8) is 0 Å². The molecule has 1 unspecified atom stereocenters. The molecular weight excluding hydrogens is 196 g/mol. The summed E-state index contributed by atoms with van der Waals surface area (Å²) in [5.74, 6) is 0. The first kappa shape index (κ1) is 15.9. The Hall–Kier alpha value is -0.0800. The molecule has 2 nitrogen and oxygen atoms in total. The summed E-state index contributed by atoms with van der Waals surface area (Å²) in [7, 11) is 0. The first-order valence-corrected chi connectivity index (χ1v) is 7.24. The van der Waals surface area contributed by atoms with Gasteiger partial charge in [-0.3, -0.25) is 4.90 Å². The van der Waals surface area contributed by atoms with Crippen molar-refractivity contribution in [3.8, 4) is 0 Å². The number of rotatable bonds is 11. The van der Waals surface area contributed by atoms with Crippen LogP contribution in [0.4, 0.5) is 0 Å². The van der Waals surface area contributed by atoms with Crippen LogP contribution in [0.15, 0.2) is 0 Å². The number of nitrogens with one attached hydrogen (secondary N) is 1. The molecule has 0 aromatic heterocycles. The van der Waals surface area contributed by atoms with Crippen molar-refractivity contribution in [2.45, 2.75) is 65.8 Å². The highest BCUT2D eigenvalue weighted by Gasteiger charge is 2.14. The molecule has 0 fully saturated rings. The Bertz CT molecular complexity index is 129. The minimum Gasteiger partial charge on any atom is -0.315 e. The Morgan fingerprint density at radius 2 is 1.50 bits per heavy atom. The largest absolute Gasteiger partial charge is 0.315 e. The fraction of sp³-hybridized carbons (Fsp3) is 1.00. The molecule has 0 bridgehead atoms. The smallest absolute Gasteiger partial charge is 0.0218 e. The molecule has 0 saturated heterocycles. The van der Waals surface area contributed by atoms with E-state index < -0.39 is 0 Å². The second kappa shape index (κ2) is 11.4. The van der Waals surface area contributed by atoms with Gasteiger partial charge in [0.2, 0.25) is 0 Å². The van der Waals surface area contributed by atoms with E-state index in [0.29, 0.717) is 0 Å². The van der Waals surface area contributed by atoms with Gasteiger partial charge in [0, 0.05) is 12.6 Å². The van der Waals surface area contributed by atoms with Crippen LogP contribution in [0.3, 0.4) is 0 Å². The predicted octanol–water partition coefficient (Wildman–Crippen LogP) is 3.28. The third-order valence-corrected chi connectivity index (χ3v) is 3.22. The van der Waals surface area contributed by atoms with Crippen molar-refractivity contribution in [1.82, 2.24) is 10.2 Å². The number of hydrogen-bond acceptors (Lipinski definition) is 2. The maximum atomic E-state index is 3.49. The van der Waals surface area contributed by atoms with Crippen molar-refractivity contribution in [2.24, 2.45) is 0 Å². The van der Waals surface area contributed by atoms with Gasteiger partial charge in [0.25, 0.3) is 0 Å². The van der Waals surface area contributed by atoms with E-state index in [0.717, 1.165) is 19.1 Å². The highest BCUT2D eigenvalue weighted by molar-refractivity contribution is 4.72. The van der Waals surface area contributed by atoms with Gasteiger partial charge in [0.05, 0.1) is 0 Å². The molecule has 0 rings (SSSR count). The van der Waals surface area contributed by atoms with Crippen LogP contribution < -0.4 is 5.32 Å². The number of hydrogen-bond donors (Lipinski definition) is 1. The number of unbranched alkanes of at least 4 members (excludes halogenated alkanes) is 2. The lowest BCUT2D eigenvalue weighted by atomic mass is 10.1. The zero-order chi connectivity index (χ0) is 12.2. The molecule has 16 heavy (non-hydrogen) atoms. The van der Waals surface area contributed by atoms with Crippen molar-refractivity contribution < 1.29 is 0 Å². The Morgan fingerprint density at radius 1 is 0.938 bits per heavy atom. The monoisotopic (exact) mass is 228 g/mol. The summed E-state index contributed by atoms with van der Waals surface area (Å²) in [6, 6.07) is 0.734. The molecule has 0 saturated carbocycles. The van der Waals surface area contributed by atoms with E-state index in [9.17, 15) is 0 Å². The molecule has 98 valence electrons. The third-order valence-electron chi connectivity index (χ3n) is 3.22. The minimum absolute atomic E-state index is 0.734. The maximum absolute atomic E-state index is 3.49. The zero-order valence-corrected chi connectivity index (χ0v) is 11.9. The molecule has 1 N–H and O–H groups in total. The van der Waals surface area contributed by atoms with E-state index >= 15 is 0 Å². The quantitative estimate of drug-likeness (QED) is 0.584. The summed E-state index contributed by atoms with van der Waals surface area (Å²) < 4.78 is 0. The molecule has 0 aromatic carbocycles. The van der Waals surface area contributed by atoms with E-state index in [-0.39, 0.29) is 0 Å².